The van der Waals surface area contributed by atoms with Gasteiger partial charge in [0.05, 0.1) is 16.7 Å². The summed E-state index contributed by atoms with van der Waals surface area (Å²) in [5.74, 6) is -0.204. The summed E-state index contributed by atoms with van der Waals surface area (Å²) >= 11 is 0. The van der Waals surface area contributed by atoms with Crippen LogP contribution in [0.15, 0.2) is 53.6 Å². The van der Waals surface area contributed by atoms with Crippen molar-refractivity contribution < 1.29 is 14.5 Å². The second kappa shape index (κ2) is 8.44. The Morgan fingerprint density at radius 2 is 1.85 bits per heavy atom. The number of amides is 1. The molecule has 0 aliphatic heterocycles. The Balaban J connectivity index is 1.92. The van der Waals surface area contributed by atoms with Crippen molar-refractivity contribution in [3.63, 3.8) is 0 Å². The van der Waals surface area contributed by atoms with Crippen molar-refractivity contribution in [2.24, 2.45) is 5.10 Å². The average molecular weight is 369 g/mol. The molecule has 0 spiro atoms. The molecule has 0 heterocycles. The van der Waals surface area contributed by atoms with Crippen molar-refractivity contribution in [3.05, 3.63) is 69.8 Å². The van der Waals surface area contributed by atoms with E-state index in [1.165, 1.54) is 23.8 Å². The number of nitrogens with one attached hydrogen (secondary N) is 1. The summed E-state index contributed by atoms with van der Waals surface area (Å²) in [6.07, 6.45) is 0. The first-order valence-corrected chi connectivity index (χ1v) is 8.48. The van der Waals surface area contributed by atoms with Gasteiger partial charge in [-0.1, -0.05) is 51.1 Å². The molecule has 7 heteroatoms. The van der Waals surface area contributed by atoms with E-state index in [-0.39, 0.29) is 23.5 Å². The lowest BCUT2D eigenvalue weighted by atomic mass is 9.86. The molecule has 0 saturated carbocycles. The first-order chi connectivity index (χ1) is 12.7. The number of nitrogens with zero attached hydrogens (tertiary/aromatic N) is 2. The normalized spacial score (nSPS) is 11.8. The number of hydrogen-bond donors (Lipinski definition) is 1. The SMILES string of the molecule is C/C(=N\NC(=O)COc1cccc([N+](=O)[O-])c1)c1ccc(C(C)(C)C)cc1. The lowest BCUT2D eigenvalue weighted by Crippen LogP contribution is -2.25. The van der Waals surface area contributed by atoms with Crippen molar-refractivity contribution in [3.8, 4) is 5.75 Å². The zero-order valence-corrected chi connectivity index (χ0v) is 15.9. The van der Waals surface area contributed by atoms with Crippen LogP contribution in [0.1, 0.15) is 38.8 Å². The molecule has 2 aromatic rings. The minimum Gasteiger partial charge on any atom is -0.483 e. The number of non-ortho nitro benzene ring substituents is 1. The zero-order valence-electron chi connectivity index (χ0n) is 15.9. The number of ether oxygens (including phenoxy) is 1. The first-order valence-electron chi connectivity index (χ1n) is 8.48. The summed E-state index contributed by atoms with van der Waals surface area (Å²) in [4.78, 5) is 22.1. The minimum absolute atomic E-state index is 0.0711. The number of hydrogen-bond acceptors (Lipinski definition) is 5. The summed E-state index contributed by atoms with van der Waals surface area (Å²) in [6.45, 7) is 7.94. The fraction of sp³-hybridized carbons (Fsp3) is 0.300. The molecule has 2 rings (SSSR count). The molecule has 0 saturated heterocycles. The van der Waals surface area contributed by atoms with Crippen molar-refractivity contribution in [2.75, 3.05) is 6.61 Å². The highest BCUT2D eigenvalue weighted by atomic mass is 16.6. The fourth-order valence-electron chi connectivity index (χ4n) is 2.29. The Morgan fingerprint density at radius 3 is 2.44 bits per heavy atom. The number of carbonyl (C=O) groups excluding carboxylic acids is 1. The van der Waals surface area contributed by atoms with Crippen molar-refractivity contribution in [1.29, 1.82) is 0 Å². The molecule has 0 aliphatic rings. The van der Waals surface area contributed by atoms with Gasteiger partial charge in [-0.25, -0.2) is 5.43 Å². The molecule has 0 aliphatic carbocycles. The molecule has 2 aromatic carbocycles. The van der Waals surface area contributed by atoms with Crippen LogP contribution in [0, 0.1) is 10.1 Å². The van der Waals surface area contributed by atoms with Crippen LogP contribution in [0.2, 0.25) is 0 Å². The van der Waals surface area contributed by atoms with E-state index in [1.54, 1.807) is 13.0 Å². The fourth-order valence-corrected chi connectivity index (χ4v) is 2.29. The van der Waals surface area contributed by atoms with Gasteiger partial charge in [0.25, 0.3) is 11.6 Å². The molecule has 1 amide bonds. The summed E-state index contributed by atoms with van der Waals surface area (Å²) in [6, 6.07) is 13.7. The van der Waals surface area contributed by atoms with Gasteiger partial charge in [0, 0.05) is 6.07 Å². The molecular weight excluding hydrogens is 346 g/mol. The van der Waals surface area contributed by atoms with Crippen LogP contribution in [0.4, 0.5) is 5.69 Å². The van der Waals surface area contributed by atoms with Crippen LogP contribution in [-0.2, 0) is 10.2 Å². The van der Waals surface area contributed by atoms with Gasteiger partial charge in [0.2, 0.25) is 0 Å². The number of rotatable bonds is 6. The maximum Gasteiger partial charge on any atom is 0.277 e. The van der Waals surface area contributed by atoms with Gasteiger partial charge in [-0.2, -0.15) is 5.10 Å². The van der Waals surface area contributed by atoms with E-state index >= 15 is 0 Å². The van der Waals surface area contributed by atoms with Gasteiger partial charge in [-0.15, -0.1) is 0 Å². The van der Waals surface area contributed by atoms with Crippen molar-refractivity contribution in [2.45, 2.75) is 33.1 Å². The highest BCUT2D eigenvalue weighted by Gasteiger charge is 2.13. The molecule has 0 radical (unpaired) electrons. The predicted molar refractivity (Wildman–Crippen MR) is 104 cm³/mol. The molecular formula is C20H23N3O4. The summed E-state index contributed by atoms with van der Waals surface area (Å²) in [5.41, 5.74) is 5.19. The maximum absolute atomic E-state index is 11.9. The van der Waals surface area contributed by atoms with Gasteiger partial charge in [0.1, 0.15) is 5.75 Å². The molecule has 1 N–H and O–H groups in total. The van der Waals surface area contributed by atoms with Crippen LogP contribution in [0.3, 0.4) is 0 Å². The van der Waals surface area contributed by atoms with E-state index in [1.807, 2.05) is 24.3 Å². The lowest BCUT2D eigenvalue weighted by Gasteiger charge is -2.19. The van der Waals surface area contributed by atoms with Crippen molar-refractivity contribution >= 4 is 17.3 Å². The smallest absolute Gasteiger partial charge is 0.277 e. The van der Waals surface area contributed by atoms with Gasteiger partial charge in [-0.3, -0.25) is 14.9 Å². The second-order valence-corrected chi connectivity index (χ2v) is 7.10. The third kappa shape index (κ3) is 5.91. The lowest BCUT2D eigenvalue weighted by molar-refractivity contribution is -0.384. The third-order valence-electron chi connectivity index (χ3n) is 3.92. The van der Waals surface area contributed by atoms with E-state index in [2.05, 4.69) is 31.3 Å². The Bertz CT molecular complexity index is 852. The number of nitro benzene ring substituents is 1. The molecule has 0 aromatic heterocycles. The standard InChI is InChI=1S/C20H23N3O4/c1-14(15-8-10-16(11-9-15)20(2,3)4)21-22-19(24)13-27-18-7-5-6-17(12-18)23(25)26/h5-12H,13H2,1-4H3,(H,22,24)/b21-14+. The molecule has 142 valence electrons. The number of nitro groups is 1. The topological polar surface area (TPSA) is 93.8 Å². The van der Waals surface area contributed by atoms with Crippen molar-refractivity contribution in [1.82, 2.24) is 5.43 Å². The molecule has 0 bridgehead atoms. The van der Waals surface area contributed by atoms with Gasteiger partial charge in [0.15, 0.2) is 6.61 Å². The Kier molecular flexibility index (Phi) is 6.28. The maximum atomic E-state index is 11.9. The van der Waals surface area contributed by atoms with Crippen LogP contribution < -0.4 is 10.2 Å². The number of carbonyl (C=O) groups is 1. The van der Waals surface area contributed by atoms with Crippen LogP contribution in [0.25, 0.3) is 0 Å². The predicted octanol–water partition coefficient (Wildman–Crippen LogP) is 3.81. The Labute approximate surface area is 158 Å². The summed E-state index contributed by atoms with van der Waals surface area (Å²) in [5, 5.41) is 14.8. The number of benzene rings is 2. The summed E-state index contributed by atoms with van der Waals surface area (Å²) in [7, 11) is 0. The first kappa shape index (κ1) is 20.1. The monoisotopic (exact) mass is 369 g/mol. The van der Waals surface area contributed by atoms with Gasteiger partial charge >= 0.3 is 0 Å². The highest BCUT2D eigenvalue weighted by Crippen LogP contribution is 2.22. The van der Waals surface area contributed by atoms with E-state index in [0.717, 1.165) is 5.56 Å². The molecule has 27 heavy (non-hydrogen) atoms. The van der Waals surface area contributed by atoms with Gasteiger partial charge in [-0.05, 0) is 29.5 Å². The van der Waals surface area contributed by atoms with E-state index in [0.29, 0.717) is 5.71 Å². The molecule has 0 fully saturated rings. The Hall–Kier alpha value is -3.22. The van der Waals surface area contributed by atoms with Gasteiger partial charge < -0.3 is 4.74 Å². The van der Waals surface area contributed by atoms with Crippen LogP contribution >= 0.6 is 0 Å². The summed E-state index contributed by atoms with van der Waals surface area (Å²) < 4.78 is 5.26. The highest BCUT2D eigenvalue weighted by molar-refractivity contribution is 5.99. The molecule has 0 unspecified atom stereocenters. The average Bonchev–Trinajstić information content (AvgIpc) is 2.64. The van der Waals surface area contributed by atoms with E-state index < -0.39 is 10.8 Å². The quantitative estimate of drug-likeness (QED) is 0.476. The molecule has 0 atom stereocenters. The zero-order chi connectivity index (χ0) is 20.0. The van der Waals surface area contributed by atoms with Crippen LogP contribution in [-0.4, -0.2) is 23.1 Å². The van der Waals surface area contributed by atoms with Crippen LogP contribution in [0.5, 0.6) is 5.75 Å². The minimum atomic E-state index is -0.522. The Morgan fingerprint density at radius 1 is 1.19 bits per heavy atom. The third-order valence-corrected chi connectivity index (χ3v) is 3.92. The van der Waals surface area contributed by atoms with E-state index in [4.69, 9.17) is 4.74 Å². The number of hydrazone groups is 1. The second-order valence-electron chi connectivity index (χ2n) is 7.10. The van der Waals surface area contributed by atoms with E-state index in [9.17, 15) is 14.9 Å². The molecule has 7 nitrogen and oxygen atoms in total. The largest absolute Gasteiger partial charge is 0.483 e.